The third kappa shape index (κ3) is 35.8. The lowest BCUT2D eigenvalue weighted by Crippen LogP contribution is -2.45. The van der Waals surface area contributed by atoms with Crippen LogP contribution in [0, 0.1) is 0 Å². The minimum atomic E-state index is -1.80. The average Bonchev–Trinajstić information content (AvgIpc) is 1.66. The lowest BCUT2D eigenvalue weighted by atomic mass is 10.1. The minimum absolute atomic E-state index is 0.149. The minimum Gasteiger partial charge on any atom is -0.463 e. The smallest absolute Gasteiger partial charge is 0.308 e. The predicted octanol–water partition coefficient (Wildman–Crippen LogP) is 1.63. The largest absolute Gasteiger partial charge is 0.463 e. The summed E-state index contributed by atoms with van der Waals surface area (Å²) in [5.41, 5.74) is 0. The summed E-state index contributed by atoms with van der Waals surface area (Å²) in [6.07, 6.45) is -8.65. The first-order chi connectivity index (χ1) is 47.2. The van der Waals surface area contributed by atoms with Crippen molar-refractivity contribution in [2.75, 3.05) is 59.3 Å². The molecule has 0 aromatic rings. The number of hydrogen-bond acceptors (Lipinski definition) is 31. The number of nitrogens with one attached hydrogen (secondary N) is 2. The summed E-state index contributed by atoms with van der Waals surface area (Å²) in [5, 5.41) is 83.7. The number of carbonyl (C=O) groups is 8. The van der Waals surface area contributed by atoms with Gasteiger partial charge >= 0.3 is 23.9 Å². The van der Waals surface area contributed by atoms with Gasteiger partial charge in [0, 0.05) is 90.9 Å². The molecule has 10 N–H and O–H groups in total. The van der Waals surface area contributed by atoms with E-state index in [1.807, 2.05) is 0 Å². The number of ether oxygens (including phenoxy) is 15. The van der Waals surface area contributed by atoms with Gasteiger partial charge in [0.1, 0.15) is 49.7 Å². The number of unbranched alkanes of at least 4 members (excludes halogenated alkanes) is 14. The summed E-state index contributed by atoms with van der Waals surface area (Å²) < 4.78 is 81.5. The molecule has 5 aliphatic rings. The van der Waals surface area contributed by atoms with Crippen LogP contribution >= 0.6 is 0 Å². The van der Waals surface area contributed by atoms with Gasteiger partial charge in [-0.2, -0.15) is 0 Å². The van der Waals surface area contributed by atoms with E-state index in [-0.39, 0.29) is 89.7 Å². The second kappa shape index (κ2) is 49.1. The molecular weight excluding hydrogens is 1300 g/mol. The van der Waals surface area contributed by atoms with Crippen LogP contribution in [0.25, 0.3) is 0 Å². The van der Waals surface area contributed by atoms with Gasteiger partial charge in [-0.3, -0.25) is 38.4 Å². The van der Waals surface area contributed by atoms with Gasteiger partial charge in [-0.05, 0) is 64.2 Å². The van der Waals surface area contributed by atoms with Crippen LogP contribution in [0.2, 0.25) is 0 Å². The SMILES string of the molecule is O=C(CCCCCCCOC1OC(O)COC1O)CCC(=O)OC1OC(COC(=O)CCC(=O)NCCCCCCOC2OC(O)COC2O)C(OC(=O)CCC(=O)NCCCCCCOC2OC(O)CCC2O)C1OC(=O)CCC(=O)CCCCCCCOC1OC(O)CCC1O. The Morgan fingerprint density at radius 1 is 0.337 bits per heavy atom. The molecular formula is C65H108N2O31. The van der Waals surface area contributed by atoms with Gasteiger partial charge in [0.2, 0.25) is 49.4 Å². The Kier molecular flexibility index (Phi) is 42.1. The van der Waals surface area contributed by atoms with Crippen LogP contribution in [-0.2, 0) is 109 Å². The number of rotatable bonds is 51. The van der Waals surface area contributed by atoms with E-state index < -0.39 is 168 Å². The first-order valence-electron chi connectivity index (χ1n) is 34.9. The molecule has 5 aliphatic heterocycles. The van der Waals surface area contributed by atoms with Crippen LogP contribution in [-0.4, -0.2) is 247 Å². The average molecular weight is 1410 g/mol. The molecule has 0 aliphatic carbocycles. The van der Waals surface area contributed by atoms with E-state index in [1.54, 1.807) is 0 Å². The number of amides is 2. The van der Waals surface area contributed by atoms with Crippen LogP contribution in [0.1, 0.15) is 205 Å². The maximum atomic E-state index is 13.7. The zero-order valence-electron chi connectivity index (χ0n) is 56.2. The topological polar surface area (TPSA) is 461 Å². The van der Waals surface area contributed by atoms with Crippen LogP contribution in [0.4, 0.5) is 0 Å². The highest BCUT2D eigenvalue weighted by molar-refractivity contribution is 5.84. The molecule has 2 amide bonds. The lowest BCUT2D eigenvalue weighted by Gasteiger charge is -2.30. The van der Waals surface area contributed by atoms with E-state index in [4.69, 9.17) is 71.1 Å². The van der Waals surface area contributed by atoms with Crippen molar-refractivity contribution in [3.8, 4) is 0 Å². The number of aliphatic hydroxyl groups is 8. The monoisotopic (exact) mass is 1410 g/mol. The molecule has 33 nitrogen and oxygen atoms in total. The molecule has 0 saturated carbocycles. The highest BCUT2D eigenvalue weighted by Gasteiger charge is 2.52. The summed E-state index contributed by atoms with van der Waals surface area (Å²) in [6, 6.07) is 0. The van der Waals surface area contributed by atoms with Crippen molar-refractivity contribution in [2.45, 2.75) is 305 Å². The second-order valence-electron chi connectivity index (χ2n) is 24.8. The van der Waals surface area contributed by atoms with Crippen LogP contribution in [0.5, 0.6) is 0 Å². The van der Waals surface area contributed by atoms with Crippen molar-refractivity contribution in [1.82, 2.24) is 10.6 Å². The van der Waals surface area contributed by atoms with Gasteiger partial charge in [0.15, 0.2) is 43.8 Å². The first-order valence-corrected chi connectivity index (χ1v) is 34.9. The molecule has 5 rings (SSSR count). The molecule has 0 aromatic carbocycles. The van der Waals surface area contributed by atoms with Gasteiger partial charge < -0.3 is 123 Å². The van der Waals surface area contributed by atoms with Crippen molar-refractivity contribution in [2.24, 2.45) is 0 Å². The van der Waals surface area contributed by atoms with Crippen molar-refractivity contribution >= 4 is 47.3 Å². The molecule has 564 valence electrons. The van der Waals surface area contributed by atoms with Crippen LogP contribution in [0.3, 0.4) is 0 Å². The number of carbonyl (C=O) groups excluding carboxylic acids is 8. The Morgan fingerprint density at radius 2 is 0.704 bits per heavy atom. The van der Waals surface area contributed by atoms with E-state index in [0.717, 1.165) is 32.1 Å². The molecule has 0 radical (unpaired) electrons. The highest BCUT2D eigenvalue weighted by Crippen LogP contribution is 2.31. The molecule has 0 bridgehead atoms. The van der Waals surface area contributed by atoms with Crippen LogP contribution in [0.15, 0.2) is 0 Å². The number of Topliss-reactive ketones (excluding diaryl/α,β-unsaturated/α-hetero) is 2. The van der Waals surface area contributed by atoms with Gasteiger partial charge in [-0.25, -0.2) is 0 Å². The fourth-order valence-electron chi connectivity index (χ4n) is 10.8. The van der Waals surface area contributed by atoms with E-state index >= 15 is 0 Å². The normalized spacial score (nSPS) is 28.0. The van der Waals surface area contributed by atoms with E-state index in [9.17, 15) is 79.2 Å². The summed E-state index contributed by atoms with van der Waals surface area (Å²) in [5.74, 6) is -5.22. The maximum Gasteiger partial charge on any atom is 0.308 e. The molecule has 98 heavy (non-hydrogen) atoms. The Hall–Kier alpha value is -4.60. The Morgan fingerprint density at radius 3 is 1.16 bits per heavy atom. The highest BCUT2D eigenvalue weighted by atomic mass is 16.8. The van der Waals surface area contributed by atoms with Crippen molar-refractivity contribution in [1.29, 1.82) is 0 Å². The third-order valence-electron chi connectivity index (χ3n) is 16.4. The summed E-state index contributed by atoms with van der Waals surface area (Å²) in [4.78, 5) is 106. The molecule has 0 aromatic heterocycles. The molecule has 16 atom stereocenters. The van der Waals surface area contributed by atoms with E-state index in [0.29, 0.717) is 122 Å². The fraction of sp³-hybridized carbons (Fsp3) is 0.877. The second-order valence-corrected chi connectivity index (χ2v) is 24.8. The molecule has 5 fully saturated rings. The van der Waals surface area contributed by atoms with E-state index in [1.165, 1.54) is 0 Å². The van der Waals surface area contributed by atoms with Gasteiger partial charge in [0.25, 0.3) is 0 Å². The quantitative estimate of drug-likeness (QED) is 0.0235. The number of ketones is 2. The summed E-state index contributed by atoms with van der Waals surface area (Å²) in [6.45, 7) is 0.601. The Labute approximate surface area is 571 Å². The predicted molar refractivity (Wildman–Crippen MR) is 333 cm³/mol. The van der Waals surface area contributed by atoms with Gasteiger partial charge in [-0.1, -0.05) is 64.2 Å². The lowest BCUT2D eigenvalue weighted by molar-refractivity contribution is -0.362. The Balaban J connectivity index is 1.12. The third-order valence-corrected chi connectivity index (χ3v) is 16.4. The molecule has 16 unspecified atom stereocenters. The Bertz CT molecular complexity index is 2310. The zero-order chi connectivity index (χ0) is 70.9. The van der Waals surface area contributed by atoms with Crippen molar-refractivity contribution < 1.29 is 150 Å². The van der Waals surface area contributed by atoms with Crippen molar-refractivity contribution in [3.05, 3.63) is 0 Å². The molecule has 0 spiro atoms. The molecule has 5 saturated heterocycles. The molecule has 5 heterocycles. The van der Waals surface area contributed by atoms with E-state index in [2.05, 4.69) is 10.6 Å². The number of hydrogen-bond donors (Lipinski definition) is 10. The summed E-state index contributed by atoms with van der Waals surface area (Å²) in [7, 11) is 0. The van der Waals surface area contributed by atoms with Gasteiger partial charge in [-0.15, -0.1) is 0 Å². The number of esters is 4. The van der Waals surface area contributed by atoms with Crippen LogP contribution < -0.4 is 10.6 Å². The summed E-state index contributed by atoms with van der Waals surface area (Å²) >= 11 is 0. The standard InChI is InChI=1S/C65H108N2O31/c68-42(19-11-3-1-7-15-35-84-61-44(70)23-29-53(78)94-61)21-27-50(75)93-58-57(92-51(76)32-26-48(73)67-34-13-5-9-17-36-85-62-45(71)24-30-54(79)95-62)46(39-88-49(74)31-25-47(72)66-33-14-6-10-18-38-87-65-60(83)90-41-56(81)98-65)91-63(58)96-52(77)28-22-43(69)20-12-4-2-8-16-37-86-64-59(82)89-40-55(80)97-64/h44-46,53-65,70-71,78-83H,1-41H2,(H,66,72)(H,67,73). The fourth-order valence-corrected chi connectivity index (χ4v) is 10.8. The van der Waals surface area contributed by atoms with Gasteiger partial charge in [0.05, 0.1) is 25.7 Å². The maximum absolute atomic E-state index is 13.7. The number of aliphatic hydroxyl groups excluding tert-OH is 8. The van der Waals surface area contributed by atoms with Crippen molar-refractivity contribution in [3.63, 3.8) is 0 Å². The first kappa shape index (κ1) is 84.1. The molecule has 33 heteroatoms. The zero-order valence-corrected chi connectivity index (χ0v) is 56.2.